The average molecular weight is 370 g/mol. The van der Waals surface area contributed by atoms with Gasteiger partial charge in [0.15, 0.2) is 5.58 Å². The molecule has 1 saturated carbocycles. The largest absolute Gasteiger partial charge is 0.423 e. The van der Waals surface area contributed by atoms with Crippen LogP contribution in [0.1, 0.15) is 44.1 Å². The highest BCUT2D eigenvalue weighted by Crippen LogP contribution is 2.39. The lowest BCUT2D eigenvalue weighted by molar-refractivity contribution is -0.134. The summed E-state index contributed by atoms with van der Waals surface area (Å²) < 4.78 is 5.91. The molecule has 27 heavy (non-hydrogen) atoms. The molecule has 0 unspecified atom stereocenters. The number of piperazine rings is 1. The first-order valence-electron chi connectivity index (χ1n) is 10.2. The van der Waals surface area contributed by atoms with Crippen LogP contribution in [0, 0.1) is 12.3 Å². The van der Waals surface area contributed by atoms with Crippen LogP contribution in [0.2, 0.25) is 0 Å². The quantitative estimate of drug-likeness (QED) is 0.895. The highest BCUT2D eigenvalue weighted by Gasteiger charge is 2.35. The predicted octanol–water partition coefficient (Wildman–Crippen LogP) is 3.08. The maximum atomic E-state index is 12.9. The molecule has 4 rings (SSSR count). The number of hydrogen-bond acceptors (Lipinski definition) is 5. The van der Waals surface area contributed by atoms with Crippen molar-refractivity contribution >= 4 is 23.0 Å². The molecule has 1 aromatic carbocycles. The zero-order valence-electron chi connectivity index (χ0n) is 16.2. The van der Waals surface area contributed by atoms with Crippen LogP contribution in [0.25, 0.3) is 11.1 Å². The zero-order valence-corrected chi connectivity index (χ0v) is 16.2. The van der Waals surface area contributed by atoms with Crippen LogP contribution < -0.4 is 10.6 Å². The molecule has 2 aromatic rings. The van der Waals surface area contributed by atoms with E-state index in [-0.39, 0.29) is 11.3 Å². The van der Waals surface area contributed by atoms with Crippen molar-refractivity contribution in [1.82, 2.24) is 9.88 Å². The van der Waals surface area contributed by atoms with Gasteiger partial charge in [0, 0.05) is 32.6 Å². The molecule has 1 amide bonds. The molecule has 0 bridgehead atoms. The number of rotatable bonds is 4. The molecule has 0 atom stereocenters. The Hall–Kier alpha value is -2.08. The average Bonchev–Trinajstić information content (AvgIpc) is 3.12. The number of nitrogens with zero attached hydrogens (tertiary/aromatic N) is 3. The van der Waals surface area contributed by atoms with Gasteiger partial charge in [0.25, 0.3) is 6.01 Å². The van der Waals surface area contributed by atoms with E-state index in [0.29, 0.717) is 19.0 Å². The number of anilines is 1. The lowest BCUT2D eigenvalue weighted by Gasteiger charge is -2.39. The highest BCUT2D eigenvalue weighted by molar-refractivity contribution is 5.78. The van der Waals surface area contributed by atoms with Crippen LogP contribution >= 0.6 is 0 Å². The molecule has 2 heterocycles. The second-order valence-corrected chi connectivity index (χ2v) is 8.28. The van der Waals surface area contributed by atoms with Crippen LogP contribution in [-0.4, -0.2) is 48.5 Å². The van der Waals surface area contributed by atoms with Gasteiger partial charge in [-0.3, -0.25) is 4.79 Å². The Kier molecular flexibility index (Phi) is 5.08. The SMILES string of the molecule is Cc1ccc2oc(N3CCN(C(=O)CC4(CN)CCCCC4)CC3)nc2c1. The summed E-state index contributed by atoms with van der Waals surface area (Å²) in [6.45, 7) is 5.63. The van der Waals surface area contributed by atoms with Gasteiger partial charge in [-0.25, -0.2) is 0 Å². The van der Waals surface area contributed by atoms with Crippen LogP contribution in [0.4, 0.5) is 6.01 Å². The minimum absolute atomic E-state index is 0.0324. The standard InChI is InChI=1S/C21H30N4O2/c1-16-5-6-18-17(13-16)23-20(27-18)25-11-9-24(10-12-25)19(26)14-21(15-22)7-3-2-4-8-21/h5-6,13H,2-4,7-12,14-15,22H2,1H3. The third kappa shape index (κ3) is 3.81. The molecule has 146 valence electrons. The van der Waals surface area contributed by atoms with Crippen molar-refractivity contribution in [3.05, 3.63) is 23.8 Å². The van der Waals surface area contributed by atoms with Crippen molar-refractivity contribution in [2.75, 3.05) is 37.6 Å². The van der Waals surface area contributed by atoms with Gasteiger partial charge in [0.1, 0.15) is 5.52 Å². The summed E-state index contributed by atoms with van der Waals surface area (Å²) in [5.41, 5.74) is 8.98. The van der Waals surface area contributed by atoms with Gasteiger partial charge in [-0.05, 0) is 49.4 Å². The van der Waals surface area contributed by atoms with Crippen molar-refractivity contribution in [3.63, 3.8) is 0 Å². The third-order valence-corrected chi connectivity index (χ3v) is 6.31. The van der Waals surface area contributed by atoms with Crippen molar-refractivity contribution in [2.45, 2.75) is 45.4 Å². The van der Waals surface area contributed by atoms with Crippen LogP contribution in [0.15, 0.2) is 22.6 Å². The van der Waals surface area contributed by atoms with Crippen molar-refractivity contribution in [1.29, 1.82) is 0 Å². The van der Waals surface area contributed by atoms with Gasteiger partial charge in [0.05, 0.1) is 0 Å². The Balaban J connectivity index is 1.37. The van der Waals surface area contributed by atoms with Gasteiger partial charge in [-0.15, -0.1) is 0 Å². The van der Waals surface area contributed by atoms with Crippen molar-refractivity contribution < 1.29 is 9.21 Å². The van der Waals surface area contributed by atoms with Gasteiger partial charge in [-0.2, -0.15) is 4.98 Å². The second-order valence-electron chi connectivity index (χ2n) is 8.28. The fourth-order valence-electron chi connectivity index (χ4n) is 4.50. The number of aromatic nitrogens is 1. The van der Waals surface area contributed by atoms with Gasteiger partial charge < -0.3 is 20.0 Å². The van der Waals surface area contributed by atoms with E-state index in [0.717, 1.165) is 50.1 Å². The summed E-state index contributed by atoms with van der Waals surface area (Å²) >= 11 is 0. The van der Waals surface area contributed by atoms with Crippen molar-refractivity contribution in [2.24, 2.45) is 11.1 Å². The van der Waals surface area contributed by atoms with E-state index in [2.05, 4.69) is 16.8 Å². The predicted molar refractivity (Wildman–Crippen MR) is 107 cm³/mol. The molecule has 0 spiro atoms. The van der Waals surface area contributed by atoms with Gasteiger partial charge in [-0.1, -0.05) is 25.3 Å². The Morgan fingerprint density at radius 1 is 1.19 bits per heavy atom. The summed E-state index contributed by atoms with van der Waals surface area (Å²) in [5, 5.41) is 0. The zero-order chi connectivity index (χ0) is 18.9. The lowest BCUT2D eigenvalue weighted by Crippen LogP contribution is -2.50. The van der Waals surface area contributed by atoms with E-state index < -0.39 is 0 Å². The molecule has 1 aliphatic carbocycles. The first kappa shape index (κ1) is 18.3. The number of fused-ring (bicyclic) bond motifs is 1. The summed E-state index contributed by atoms with van der Waals surface area (Å²) in [4.78, 5) is 21.6. The normalized spacial score (nSPS) is 20.2. The third-order valence-electron chi connectivity index (χ3n) is 6.31. The van der Waals surface area contributed by atoms with Gasteiger partial charge >= 0.3 is 0 Å². The number of amides is 1. The van der Waals surface area contributed by atoms with E-state index >= 15 is 0 Å². The maximum Gasteiger partial charge on any atom is 0.298 e. The Labute approximate surface area is 160 Å². The van der Waals surface area contributed by atoms with Crippen molar-refractivity contribution in [3.8, 4) is 0 Å². The van der Waals surface area contributed by atoms with Crippen LogP contribution in [0.5, 0.6) is 0 Å². The molecule has 6 heteroatoms. The highest BCUT2D eigenvalue weighted by atomic mass is 16.4. The number of benzene rings is 1. The smallest absolute Gasteiger partial charge is 0.298 e. The lowest BCUT2D eigenvalue weighted by atomic mass is 9.71. The van der Waals surface area contributed by atoms with E-state index in [1.54, 1.807) is 0 Å². The summed E-state index contributed by atoms with van der Waals surface area (Å²) in [5.74, 6) is 0.259. The minimum Gasteiger partial charge on any atom is -0.423 e. The number of hydrogen-bond donors (Lipinski definition) is 1. The molecule has 1 aromatic heterocycles. The molecular weight excluding hydrogens is 340 g/mol. The van der Waals surface area contributed by atoms with Crippen LogP contribution in [0.3, 0.4) is 0 Å². The molecule has 0 radical (unpaired) electrons. The maximum absolute atomic E-state index is 12.9. The Morgan fingerprint density at radius 3 is 2.63 bits per heavy atom. The molecule has 2 N–H and O–H groups in total. The summed E-state index contributed by atoms with van der Waals surface area (Å²) in [6, 6.07) is 6.70. The molecular formula is C21H30N4O2. The van der Waals surface area contributed by atoms with E-state index in [4.69, 9.17) is 10.2 Å². The second kappa shape index (κ2) is 7.50. The fraction of sp³-hybridized carbons (Fsp3) is 0.619. The Bertz CT molecular complexity index is 802. The first-order valence-corrected chi connectivity index (χ1v) is 10.2. The van der Waals surface area contributed by atoms with Gasteiger partial charge in [0.2, 0.25) is 5.91 Å². The number of carbonyl (C=O) groups excluding carboxylic acids is 1. The Morgan fingerprint density at radius 2 is 1.93 bits per heavy atom. The minimum atomic E-state index is 0.0324. The van der Waals surface area contributed by atoms with E-state index in [1.807, 2.05) is 23.1 Å². The number of nitrogens with two attached hydrogens (primary N) is 1. The molecule has 2 aliphatic rings. The summed E-state index contributed by atoms with van der Waals surface area (Å²) in [7, 11) is 0. The summed E-state index contributed by atoms with van der Waals surface area (Å²) in [6.07, 6.45) is 6.48. The van der Waals surface area contributed by atoms with Crippen LogP contribution in [-0.2, 0) is 4.79 Å². The molecule has 6 nitrogen and oxygen atoms in total. The molecule has 1 saturated heterocycles. The number of carbonyl (C=O) groups is 1. The first-order chi connectivity index (χ1) is 13.1. The fourth-order valence-corrected chi connectivity index (χ4v) is 4.50. The molecule has 2 fully saturated rings. The number of aryl methyl sites for hydroxylation is 1. The number of oxazole rings is 1. The molecule has 1 aliphatic heterocycles. The monoisotopic (exact) mass is 370 g/mol. The van der Waals surface area contributed by atoms with E-state index in [9.17, 15) is 4.79 Å². The van der Waals surface area contributed by atoms with E-state index in [1.165, 1.54) is 24.8 Å². The topological polar surface area (TPSA) is 75.6 Å².